The molecule has 0 spiro atoms. The average Bonchev–Trinajstić information content (AvgIpc) is 2.99. The van der Waals surface area contributed by atoms with Crippen molar-refractivity contribution < 1.29 is 9.18 Å². The maximum absolute atomic E-state index is 13.3. The van der Waals surface area contributed by atoms with Crippen LogP contribution < -0.4 is 0 Å². The Morgan fingerprint density at radius 3 is 2.70 bits per heavy atom. The Morgan fingerprint density at radius 2 is 1.96 bits per heavy atom. The lowest BCUT2D eigenvalue weighted by Crippen LogP contribution is -2.30. The summed E-state index contributed by atoms with van der Waals surface area (Å²) in [5.41, 5.74) is 2.30. The van der Waals surface area contributed by atoms with E-state index >= 15 is 0 Å². The Morgan fingerprint density at radius 1 is 1.17 bits per heavy atom. The molecule has 23 heavy (non-hydrogen) atoms. The molecule has 5 heteroatoms. The third-order valence-electron chi connectivity index (χ3n) is 3.76. The zero-order valence-electron chi connectivity index (χ0n) is 13.0. The summed E-state index contributed by atoms with van der Waals surface area (Å²) in [4.78, 5) is 18.8. The van der Waals surface area contributed by atoms with Crippen molar-refractivity contribution in [1.82, 2.24) is 9.88 Å². The van der Waals surface area contributed by atoms with Gasteiger partial charge in [-0.05, 0) is 44.2 Å². The van der Waals surface area contributed by atoms with E-state index in [-0.39, 0.29) is 11.7 Å². The number of benzene rings is 2. The van der Waals surface area contributed by atoms with Crippen LogP contribution in [-0.2, 0) is 0 Å². The highest BCUT2D eigenvalue weighted by Crippen LogP contribution is 2.31. The highest BCUT2D eigenvalue weighted by molar-refractivity contribution is 7.21. The molecular formula is C18H17FN2OS. The number of amides is 1. The molecular weight excluding hydrogens is 311 g/mol. The van der Waals surface area contributed by atoms with Crippen LogP contribution in [0.1, 0.15) is 24.2 Å². The van der Waals surface area contributed by atoms with Crippen molar-refractivity contribution in [3.63, 3.8) is 0 Å². The van der Waals surface area contributed by atoms with Crippen molar-refractivity contribution in [3.8, 4) is 10.6 Å². The predicted molar refractivity (Wildman–Crippen MR) is 92.3 cm³/mol. The summed E-state index contributed by atoms with van der Waals surface area (Å²) >= 11 is 1.43. The number of aromatic nitrogens is 1. The Bertz CT molecular complexity index is 855. The second-order valence-electron chi connectivity index (χ2n) is 5.19. The summed E-state index contributed by atoms with van der Waals surface area (Å²) in [6.07, 6.45) is 0. The molecule has 3 aromatic rings. The lowest BCUT2D eigenvalue weighted by atomic mass is 10.1. The first-order valence-electron chi connectivity index (χ1n) is 7.58. The average molecular weight is 328 g/mol. The van der Waals surface area contributed by atoms with E-state index in [0.717, 1.165) is 20.8 Å². The summed E-state index contributed by atoms with van der Waals surface area (Å²) in [5.74, 6) is -0.248. The van der Waals surface area contributed by atoms with Gasteiger partial charge in [0.25, 0.3) is 5.91 Å². The van der Waals surface area contributed by atoms with Gasteiger partial charge in [-0.3, -0.25) is 4.79 Å². The first-order valence-corrected chi connectivity index (χ1v) is 8.39. The molecule has 0 aliphatic carbocycles. The predicted octanol–water partition coefficient (Wildman–Crippen LogP) is 4.58. The maximum atomic E-state index is 13.3. The van der Waals surface area contributed by atoms with Gasteiger partial charge in [0.15, 0.2) is 0 Å². The molecule has 3 nitrogen and oxygen atoms in total. The standard InChI is InChI=1S/C18H17FN2OS/c1-3-21(4-2)18(22)13-7-5-6-12(10-13)17-20-15-9-8-14(19)11-16(15)23-17/h5-11H,3-4H2,1-2H3. The smallest absolute Gasteiger partial charge is 0.253 e. The number of hydrogen-bond acceptors (Lipinski definition) is 3. The lowest BCUT2D eigenvalue weighted by molar-refractivity contribution is 0.0773. The Hall–Kier alpha value is -2.27. The van der Waals surface area contributed by atoms with Crippen LogP contribution in [0.2, 0.25) is 0 Å². The van der Waals surface area contributed by atoms with Gasteiger partial charge in [-0.2, -0.15) is 0 Å². The van der Waals surface area contributed by atoms with Gasteiger partial charge in [-0.1, -0.05) is 12.1 Å². The quantitative estimate of drug-likeness (QED) is 0.702. The molecule has 1 heterocycles. The van der Waals surface area contributed by atoms with E-state index in [1.807, 2.05) is 38.1 Å². The molecule has 1 amide bonds. The van der Waals surface area contributed by atoms with E-state index in [1.54, 1.807) is 11.0 Å². The van der Waals surface area contributed by atoms with E-state index in [2.05, 4.69) is 4.98 Å². The van der Waals surface area contributed by atoms with Crippen LogP contribution >= 0.6 is 11.3 Å². The second-order valence-corrected chi connectivity index (χ2v) is 6.22. The summed E-state index contributed by atoms with van der Waals surface area (Å²) in [6.45, 7) is 5.29. The van der Waals surface area contributed by atoms with Crippen LogP contribution in [0, 0.1) is 5.82 Å². The van der Waals surface area contributed by atoms with Crippen molar-refractivity contribution in [2.75, 3.05) is 13.1 Å². The van der Waals surface area contributed by atoms with Gasteiger partial charge < -0.3 is 4.90 Å². The third-order valence-corrected chi connectivity index (χ3v) is 4.82. The molecule has 0 saturated heterocycles. The van der Waals surface area contributed by atoms with Crippen molar-refractivity contribution in [3.05, 3.63) is 53.8 Å². The van der Waals surface area contributed by atoms with Crippen LogP contribution in [0.4, 0.5) is 4.39 Å². The molecule has 0 N–H and O–H groups in total. The van der Waals surface area contributed by atoms with Gasteiger partial charge in [0.1, 0.15) is 10.8 Å². The highest BCUT2D eigenvalue weighted by Gasteiger charge is 2.14. The largest absolute Gasteiger partial charge is 0.339 e. The fourth-order valence-corrected chi connectivity index (χ4v) is 3.49. The Kier molecular flexibility index (Phi) is 4.39. The molecule has 0 fully saturated rings. The first kappa shape index (κ1) is 15.6. The summed E-state index contributed by atoms with van der Waals surface area (Å²) < 4.78 is 14.1. The van der Waals surface area contributed by atoms with Crippen LogP contribution in [0.25, 0.3) is 20.8 Å². The van der Waals surface area contributed by atoms with Crippen molar-refractivity contribution in [2.24, 2.45) is 0 Å². The molecule has 0 radical (unpaired) electrons. The molecule has 0 atom stereocenters. The minimum atomic E-state index is -0.266. The molecule has 0 bridgehead atoms. The monoisotopic (exact) mass is 328 g/mol. The molecule has 0 saturated carbocycles. The summed E-state index contributed by atoms with van der Waals surface area (Å²) in [7, 11) is 0. The fourth-order valence-electron chi connectivity index (χ4n) is 2.50. The van der Waals surface area contributed by atoms with Crippen molar-refractivity contribution in [1.29, 1.82) is 0 Å². The first-order chi connectivity index (χ1) is 11.1. The van der Waals surface area contributed by atoms with E-state index in [0.29, 0.717) is 18.7 Å². The van der Waals surface area contributed by atoms with Gasteiger partial charge in [0.2, 0.25) is 0 Å². The van der Waals surface area contributed by atoms with Crippen molar-refractivity contribution >= 4 is 27.5 Å². The van der Waals surface area contributed by atoms with Crippen LogP contribution in [-0.4, -0.2) is 28.9 Å². The van der Waals surface area contributed by atoms with Gasteiger partial charge in [0.05, 0.1) is 10.2 Å². The SMILES string of the molecule is CCN(CC)C(=O)c1cccc(-c2nc3ccc(F)cc3s2)c1. The summed E-state index contributed by atoms with van der Waals surface area (Å²) in [5, 5.41) is 0.791. The topological polar surface area (TPSA) is 33.2 Å². The third kappa shape index (κ3) is 3.10. The maximum Gasteiger partial charge on any atom is 0.253 e. The normalized spacial score (nSPS) is 10.9. The number of fused-ring (bicyclic) bond motifs is 1. The minimum Gasteiger partial charge on any atom is -0.339 e. The molecule has 0 aliphatic rings. The van der Waals surface area contributed by atoms with Crippen LogP contribution in [0.5, 0.6) is 0 Å². The number of halogens is 1. The van der Waals surface area contributed by atoms with Gasteiger partial charge >= 0.3 is 0 Å². The molecule has 0 aliphatic heterocycles. The molecule has 1 aromatic heterocycles. The van der Waals surface area contributed by atoms with E-state index in [1.165, 1.54) is 23.5 Å². The minimum absolute atomic E-state index is 0.0176. The van der Waals surface area contributed by atoms with E-state index < -0.39 is 0 Å². The number of nitrogens with zero attached hydrogens (tertiary/aromatic N) is 2. The molecule has 0 unspecified atom stereocenters. The highest BCUT2D eigenvalue weighted by atomic mass is 32.1. The fraction of sp³-hybridized carbons (Fsp3) is 0.222. The number of carbonyl (C=O) groups excluding carboxylic acids is 1. The van der Waals surface area contributed by atoms with E-state index in [4.69, 9.17) is 0 Å². The zero-order valence-corrected chi connectivity index (χ0v) is 13.9. The van der Waals surface area contributed by atoms with Crippen LogP contribution in [0.15, 0.2) is 42.5 Å². The van der Waals surface area contributed by atoms with Gasteiger partial charge in [0, 0.05) is 24.2 Å². The van der Waals surface area contributed by atoms with E-state index in [9.17, 15) is 9.18 Å². The van der Waals surface area contributed by atoms with Crippen molar-refractivity contribution in [2.45, 2.75) is 13.8 Å². The number of carbonyl (C=O) groups is 1. The van der Waals surface area contributed by atoms with Crippen LogP contribution in [0.3, 0.4) is 0 Å². The molecule has 2 aromatic carbocycles. The number of rotatable bonds is 4. The Balaban J connectivity index is 1.99. The van der Waals surface area contributed by atoms with Gasteiger partial charge in [-0.15, -0.1) is 11.3 Å². The lowest BCUT2D eigenvalue weighted by Gasteiger charge is -2.18. The number of hydrogen-bond donors (Lipinski definition) is 0. The molecule has 3 rings (SSSR count). The summed E-state index contributed by atoms with van der Waals surface area (Å²) in [6, 6.07) is 12.0. The Labute approximate surface area is 138 Å². The zero-order chi connectivity index (χ0) is 16.4. The van der Waals surface area contributed by atoms with Gasteiger partial charge in [-0.25, -0.2) is 9.37 Å². The molecule has 118 valence electrons. The second kappa shape index (κ2) is 6.46. The number of thiazole rings is 1.